The van der Waals surface area contributed by atoms with Gasteiger partial charge in [-0.25, -0.2) is 33.6 Å². The van der Waals surface area contributed by atoms with Crippen LogP contribution in [-0.4, -0.2) is 307 Å². The Balaban J connectivity index is 0.867. The molecule has 5 aliphatic rings. The van der Waals surface area contributed by atoms with Crippen molar-refractivity contribution in [3.63, 3.8) is 0 Å². The number of carboxylic acid groups (broad SMARTS) is 8. The summed E-state index contributed by atoms with van der Waals surface area (Å²) < 4.78 is 10.7. The number of nitrogens with one attached hydrogen (secondary N) is 4. The molecule has 1 spiro atoms. The van der Waals surface area contributed by atoms with E-state index in [2.05, 4.69) is 31.1 Å². The summed E-state index contributed by atoms with van der Waals surface area (Å²) in [7, 11) is 0. The van der Waals surface area contributed by atoms with Crippen LogP contribution in [0.5, 0.6) is 0 Å². The lowest BCUT2D eigenvalue weighted by Gasteiger charge is -2.50. The maximum Gasteiger partial charge on any atom is 0.483 e. The SMILES string of the molecule is O=C(O)CCOCCOCCNc1nc(Cc2ccc(CC3C[N@@+]4(CC(=O)O)CC[N+]5(CC(=O)O)CC[N@@+]6(CC(=O)O)CC[N@+]3(CC(=O)O)C564)cc2)nc(N2CCN(CCCCCCCCCCC(=O)NCCCC[C@H](NC(=O)N[C@@H](CCC(=O)O)C(=O)O)C(=O)O)CC2)n1. The first-order valence-electron chi connectivity index (χ1n) is 33.1. The summed E-state index contributed by atoms with van der Waals surface area (Å²) in [6.45, 7) is 5.96. The number of aliphatic carboxylic acids is 8. The zero-order valence-electron chi connectivity index (χ0n) is 54.1. The molecule has 8 atom stereocenters. The van der Waals surface area contributed by atoms with Crippen molar-refractivity contribution in [2.45, 2.75) is 133 Å². The molecule has 5 fully saturated rings. The first-order valence-corrected chi connectivity index (χ1v) is 33.1. The van der Waals surface area contributed by atoms with Crippen molar-refractivity contribution in [2.24, 2.45) is 0 Å². The number of hydrogen-bond acceptors (Lipinski definition) is 18. The van der Waals surface area contributed by atoms with Crippen molar-refractivity contribution in [1.82, 2.24) is 35.8 Å². The maximum absolute atomic E-state index is 13.1. The van der Waals surface area contributed by atoms with Crippen LogP contribution in [-0.2, 0) is 65.5 Å². The molecule has 5 saturated heterocycles. The number of carboxylic acids is 8. The monoisotopic (exact) mass is 1340 g/mol. The zero-order chi connectivity index (χ0) is 68.8. The molecule has 3 amide bonds. The van der Waals surface area contributed by atoms with Gasteiger partial charge in [0.1, 0.15) is 63.7 Å². The molecule has 33 heteroatoms. The number of nitrogens with zero attached hydrogens (tertiary/aromatic N) is 9. The highest BCUT2D eigenvalue weighted by Crippen LogP contribution is 2.64. The molecule has 6 heterocycles. The van der Waals surface area contributed by atoms with E-state index in [9.17, 15) is 78.6 Å². The molecular formula is C62H97N13O20+4. The summed E-state index contributed by atoms with van der Waals surface area (Å²) in [5.74, 6) is -9.44. The van der Waals surface area contributed by atoms with E-state index in [1.165, 1.54) is 0 Å². The van der Waals surface area contributed by atoms with E-state index in [0.717, 1.165) is 82.1 Å². The fourth-order valence-corrected chi connectivity index (χ4v) is 15.9. The number of aromatic nitrogens is 3. The topological polar surface area (TPSA) is 444 Å². The molecule has 33 nitrogen and oxygen atoms in total. The van der Waals surface area contributed by atoms with E-state index < -0.39 is 90.8 Å². The minimum atomic E-state index is -1.50. The largest absolute Gasteiger partial charge is 0.483 e. The van der Waals surface area contributed by atoms with Crippen LogP contribution in [0, 0.1) is 0 Å². The lowest BCUT2D eigenvalue weighted by atomic mass is 10.0. The van der Waals surface area contributed by atoms with Crippen molar-refractivity contribution in [1.29, 1.82) is 0 Å². The van der Waals surface area contributed by atoms with Crippen molar-refractivity contribution >= 4 is 71.6 Å². The third-order valence-corrected chi connectivity index (χ3v) is 19.6. The molecule has 5 aliphatic heterocycles. The molecule has 526 valence electrons. The number of urea groups is 1. The van der Waals surface area contributed by atoms with E-state index >= 15 is 0 Å². The van der Waals surface area contributed by atoms with Crippen molar-refractivity contribution in [2.75, 3.05) is 154 Å². The number of carbonyl (C=O) groups is 10. The van der Waals surface area contributed by atoms with Gasteiger partial charge in [-0.05, 0) is 56.2 Å². The van der Waals surface area contributed by atoms with Gasteiger partial charge >= 0.3 is 59.7 Å². The molecule has 0 bridgehead atoms. The number of quaternary nitrogens is 4. The Labute approximate surface area is 550 Å². The summed E-state index contributed by atoms with van der Waals surface area (Å²) in [5.41, 5.74) is 1.74. The van der Waals surface area contributed by atoms with Gasteiger partial charge in [-0.3, -0.25) is 19.3 Å². The van der Waals surface area contributed by atoms with Crippen molar-refractivity contribution in [3.05, 3.63) is 41.2 Å². The molecule has 1 aromatic carbocycles. The minimum absolute atomic E-state index is 0.0387. The van der Waals surface area contributed by atoms with Gasteiger partial charge in [-0.2, -0.15) is 15.0 Å². The summed E-state index contributed by atoms with van der Waals surface area (Å²) in [4.78, 5) is 140. The molecule has 2 aromatic rings. The summed E-state index contributed by atoms with van der Waals surface area (Å²) in [6, 6.07) is 3.53. The normalized spacial score (nSPS) is 24.0. The number of unbranched alkanes of at least 4 members (excludes halogenated alkanes) is 8. The number of amides is 3. The first kappa shape index (κ1) is 74.4. The van der Waals surface area contributed by atoms with Crippen LogP contribution in [0.1, 0.15) is 113 Å². The summed E-state index contributed by atoms with van der Waals surface area (Å²) >= 11 is 0. The predicted molar refractivity (Wildman–Crippen MR) is 335 cm³/mol. The second-order valence-corrected chi connectivity index (χ2v) is 25.9. The van der Waals surface area contributed by atoms with Gasteiger partial charge in [0.05, 0.1) is 32.8 Å². The maximum atomic E-state index is 13.1. The molecule has 3 unspecified atom stereocenters. The highest BCUT2D eigenvalue weighted by molar-refractivity contribution is 5.86. The number of anilines is 2. The van der Waals surface area contributed by atoms with Crippen molar-refractivity contribution < 1.29 is 116 Å². The Hall–Kier alpha value is -7.95. The Morgan fingerprint density at radius 3 is 1.65 bits per heavy atom. The first-order chi connectivity index (χ1) is 45.4. The van der Waals surface area contributed by atoms with Gasteiger partial charge in [0.25, 0.3) is 0 Å². The lowest BCUT2D eigenvalue weighted by molar-refractivity contribution is -1.36. The number of hydrogen-bond donors (Lipinski definition) is 12. The van der Waals surface area contributed by atoms with Gasteiger partial charge in [0, 0.05) is 65.0 Å². The lowest BCUT2D eigenvalue weighted by Crippen LogP contribution is -2.86. The van der Waals surface area contributed by atoms with Crippen molar-refractivity contribution in [3.8, 4) is 0 Å². The zero-order valence-corrected chi connectivity index (χ0v) is 54.1. The van der Waals surface area contributed by atoms with E-state index in [1.54, 1.807) is 0 Å². The van der Waals surface area contributed by atoms with Crippen LogP contribution in [0.4, 0.5) is 16.7 Å². The van der Waals surface area contributed by atoms with Crippen LogP contribution in [0.25, 0.3) is 0 Å². The van der Waals surface area contributed by atoms with Gasteiger partial charge < -0.3 is 76.5 Å². The van der Waals surface area contributed by atoms with Crippen LogP contribution in [0.2, 0.25) is 0 Å². The van der Waals surface area contributed by atoms with E-state index in [-0.39, 0.29) is 109 Å². The standard InChI is InChI=1S/C62H93N13O20/c76-50(63-20-9-8-11-47(57(89)90)65-61(93)66-48(58(91)92)17-18-51(77)78)12-7-5-3-1-2-4-6-10-22-70-23-25-71(26-24-70)60-68-49(67-59(69-60)64-21-34-95-36-35-94-33-19-52(79)80)38-45-15-13-44(14-16-45)37-46-39-74(42-55(85)86)30-29-72(40-53(81)82)27-28-73(41-54(83)84)31-32-75(46,43-56(87)88)62(72,73)74/h13-16,46-48H,1-12,17-43H2,(H8-4,63,64,65,66,67,68,69,76,77,78,79,80,81,82,83,84,85,86,87,88,89,90,91,92,93)/p+4/t46?,47-,48-,62?,72?,73-,74+,75+/m0/s1. The second-order valence-electron chi connectivity index (χ2n) is 25.9. The van der Waals surface area contributed by atoms with Crippen LogP contribution in [0.15, 0.2) is 24.3 Å². The molecule has 12 N–H and O–H groups in total. The van der Waals surface area contributed by atoms with Gasteiger partial charge in [0.2, 0.25) is 17.8 Å². The average Bonchev–Trinajstić information content (AvgIpc) is 1.44. The summed E-state index contributed by atoms with van der Waals surface area (Å²) in [5, 5.41) is 89.0. The van der Waals surface area contributed by atoms with E-state index in [1.807, 2.05) is 24.3 Å². The van der Waals surface area contributed by atoms with Crippen LogP contribution < -0.4 is 26.2 Å². The van der Waals surface area contributed by atoms with Crippen LogP contribution in [0.3, 0.4) is 0 Å². The van der Waals surface area contributed by atoms with E-state index in [4.69, 9.17) is 34.6 Å². The molecule has 95 heavy (non-hydrogen) atoms. The van der Waals surface area contributed by atoms with E-state index in [0.29, 0.717) is 102 Å². The number of carbonyl (C=O) groups excluding carboxylic acids is 2. The smallest absolute Gasteiger partial charge is 0.481 e. The average molecular weight is 1340 g/mol. The van der Waals surface area contributed by atoms with Gasteiger partial charge in [0.15, 0.2) is 32.2 Å². The second kappa shape index (κ2) is 34.6. The number of ether oxygens (including phenoxy) is 2. The molecular weight excluding hydrogens is 1250 g/mol. The Bertz CT molecular complexity index is 2980. The highest BCUT2D eigenvalue weighted by Gasteiger charge is 3.01. The molecule has 0 aliphatic carbocycles. The fourth-order valence-electron chi connectivity index (χ4n) is 15.9. The Kier molecular flexibility index (Phi) is 27.1. The predicted octanol–water partition coefficient (Wildman–Crippen LogP) is 0.554. The molecule has 0 saturated carbocycles. The third-order valence-electron chi connectivity index (χ3n) is 19.6. The number of piperazine rings is 1. The fraction of sp³-hybridized carbons (Fsp3) is 0.694. The molecule has 0 radical (unpaired) electrons. The molecule has 1 aromatic heterocycles. The Morgan fingerprint density at radius 2 is 1.06 bits per heavy atom. The van der Waals surface area contributed by atoms with Gasteiger partial charge in [-0.15, -0.1) is 17.9 Å². The minimum Gasteiger partial charge on any atom is -0.481 e. The van der Waals surface area contributed by atoms with Gasteiger partial charge in [-0.1, -0.05) is 62.8 Å². The number of benzene rings is 1. The highest BCUT2D eigenvalue weighted by atomic mass is 16.5. The third kappa shape index (κ3) is 19.2. The number of rotatable bonds is 46. The Morgan fingerprint density at radius 1 is 0.526 bits per heavy atom. The quantitative estimate of drug-likeness (QED) is 0.0318. The summed E-state index contributed by atoms with van der Waals surface area (Å²) in [6.07, 6.45) is 9.05. The molecule has 7 rings (SSSR count). The van der Waals surface area contributed by atoms with Crippen LogP contribution >= 0.6 is 0 Å².